The second-order valence-electron chi connectivity index (χ2n) is 8.89. The zero-order valence-electron chi connectivity index (χ0n) is 18.2. The normalized spacial score (nSPS) is 28.4. The van der Waals surface area contributed by atoms with Crippen molar-refractivity contribution in [3.63, 3.8) is 0 Å². The number of likely N-dealkylation sites (N-methyl/N-ethyl adjacent to an activating group) is 1. The van der Waals surface area contributed by atoms with E-state index in [1.165, 1.54) is 17.0 Å². The molecule has 12 nitrogen and oxygen atoms in total. The number of fused-ring (bicyclic) bond motifs is 3. The predicted molar refractivity (Wildman–Crippen MR) is 115 cm³/mol. The van der Waals surface area contributed by atoms with Crippen LogP contribution in [0.3, 0.4) is 0 Å². The van der Waals surface area contributed by atoms with Crippen LogP contribution in [0.2, 0.25) is 0 Å². The molecule has 0 aliphatic heterocycles. The van der Waals surface area contributed by atoms with Gasteiger partial charge in [0.25, 0.3) is 5.91 Å². The van der Waals surface area contributed by atoms with E-state index in [0.717, 1.165) is 0 Å². The monoisotopic (exact) mass is 473 g/mol. The molecule has 0 unspecified atom stereocenters. The molecule has 3 aliphatic carbocycles. The number of primary amides is 1. The van der Waals surface area contributed by atoms with Gasteiger partial charge in [0.1, 0.15) is 17.1 Å². The third kappa shape index (κ3) is 2.99. The molecule has 34 heavy (non-hydrogen) atoms. The summed E-state index contributed by atoms with van der Waals surface area (Å²) in [6.45, 7) is 0. The summed E-state index contributed by atoms with van der Waals surface area (Å²) in [5.74, 6) is -7.60. The number of Topliss-reactive ketones (excluding diaryl/α,β-unsaturated/α-hetero) is 2. The number of benzene rings is 1. The number of nitrogens with two attached hydrogens (primary N) is 1. The highest BCUT2D eigenvalue weighted by Crippen LogP contribution is 2.52. The van der Waals surface area contributed by atoms with Crippen molar-refractivity contribution in [3.05, 3.63) is 45.9 Å². The minimum Gasteiger partial charge on any atom is -0.510 e. The molecule has 3 aliphatic rings. The molecule has 12 heteroatoms. The molecule has 0 fully saturated rings. The second kappa shape index (κ2) is 7.57. The van der Waals surface area contributed by atoms with E-state index in [2.05, 4.69) is 0 Å². The number of nitrogens with zero attached hydrogens (tertiary/aromatic N) is 1. The number of anilines is 1. The largest absolute Gasteiger partial charge is 0.510 e. The first-order valence-corrected chi connectivity index (χ1v) is 10.3. The Labute approximate surface area is 192 Å². The van der Waals surface area contributed by atoms with E-state index in [0.29, 0.717) is 5.56 Å². The van der Waals surface area contributed by atoms with E-state index in [9.17, 15) is 39.6 Å². The van der Waals surface area contributed by atoms with Gasteiger partial charge in [0.05, 0.1) is 17.3 Å². The Hall–Kier alpha value is -3.90. The average molecular weight is 473 g/mol. The fraction of sp³-hybridized carbons (Fsp3) is 0.364. The van der Waals surface area contributed by atoms with Crippen LogP contribution in [0.4, 0.5) is 10.5 Å². The topological polar surface area (TPSA) is 211 Å². The molecule has 0 radical (unpaired) electrons. The number of phenols is 1. The lowest BCUT2D eigenvalue weighted by Gasteiger charge is -2.50. The van der Waals surface area contributed by atoms with Crippen LogP contribution in [0, 0.1) is 11.8 Å². The fourth-order valence-corrected chi connectivity index (χ4v) is 5.44. The van der Waals surface area contributed by atoms with Crippen molar-refractivity contribution in [1.29, 1.82) is 0 Å². The van der Waals surface area contributed by atoms with Crippen molar-refractivity contribution in [1.82, 2.24) is 4.90 Å². The number of hydrogen-bond donors (Lipinski definition) is 7. The van der Waals surface area contributed by atoms with Gasteiger partial charge in [-0.25, -0.2) is 4.79 Å². The van der Waals surface area contributed by atoms with Gasteiger partial charge in [0, 0.05) is 11.5 Å². The van der Waals surface area contributed by atoms with Crippen LogP contribution < -0.4 is 11.1 Å². The van der Waals surface area contributed by atoms with Gasteiger partial charge >= 0.3 is 6.09 Å². The third-order valence-electron chi connectivity index (χ3n) is 6.84. The zero-order chi connectivity index (χ0) is 25.3. The van der Waals surface area contributed by atoms with Gasteiger partial charge in [-0.3, -0.25) is 24.6 Å². The molecule has 1 aromatic rings. The van der Waals surface area contributed by atoms with E-state index >= 15 is 0 Å². The van der Waals surface area contributed by atoms with Gasteiger partial charge in [-0.1, -0.05) is 6.07 Å². The maximum absolute atomic E-state index is 13.4. The van der Waals surface area contributed by atoms with E-state index in [-0.39, 0.29) is 29.7 Å². The Kier molecular flexibility index (Phi) is 5.18. The average Bonchev–Trinajstić information content (AvgIpc) is 2.72. The highest BCUT2D eigenvalue weighted by molar-refractivity contribution is 6.24. The van der Waals surface area contributed by atoms with Crippen molar-refractivity contribution in [3.8, 4) is 5.75 Å². The first kappa shape index (κ1) is 23.3. The van der Waals surface area contributed by atoms with Gasteiger partial charge in [0.15, 0.2) is 17.1 Å². The van der Waals surface area contributed by atoms with Crippen molar-refractivity contribution in [2.45, 2.75) is 24.5 Å². The Morgan fingerprint density at radius 3 is 2.38 bits per heavy atom. The molecule has 1 aromatic carbocycles. The number of allylic oxidation sites excluding steroid dienone is 1. The lowest BCUT2D eigenvalue weighted by Crippen LogP contribution is -2.63. The van der Waals surface area contributed by atoms with Gasteiger partial charge in [-0.2, -0.15) is 0 Å². The number of ketones is 2. The van der Waals surface area contributed by atoms with Crippen molar-refractivity contribution in [2.24, 2.45) is 17.6 Å². The van der Waals surface area contributed by atoms with Crippen LogP contribution in [0.1, 0.15) is 22.3 Å². The molecule has 0 saturated heterocycles. The summed E-state index contributed by atoms with van der Waals surface area (Å²) in [6, 6.07) is 1.69. The molecule has 0 heterocycles. The summed E-state index contributed by atoms with van der Waals surface area (Å²) >= 11 is 0. The number of aliphatic hydroxyl groups excluding tert-OH is 2. The number of aliphatic hydroxyl groups is 3. The Morgan fingerprint density at radius 1 is 1.18 bits per heavy atom. The lowest BCUT2D eigenvalue weighted by atomic mass is 9.58. The van der Waals surface area contributed by atoms with Crippen LogP contribution in [-0.4, -0.2) is 79.7 Å². The molecule has 0 saturated carbocycles. The van der Waals surface area contributed by atoms with Gasteiger partial charge in [0.2, 0.25) is 5.78 Å². The zero-order valence-corrected chi connectivity index (χ0v) is 18.2. The lowest BCUT2D eigenvalue weighted by molar-refractivity contribution is -0.148. The summed E-state index contributed by atoms with van der Waals surface area (Å²) in [5.41, 5.74) is 1.20. The maximum Gasteiger partial charge on any atom is 0.409 e. The minimum absolute atomic E-state index is 0.0261. The summed E-state index contributed by atoms with van der Waals surface area (Å²) in [5, 5.41) is 54.8. The number of carboxylic acid groups (broad SMARTS) is 1. The SMILES string of the molecule is CN(C)[C@@H]1C(O)=C(C(N)=O)C(=O)[C@@]2(O)C(O)=C3C(=O)c4c(ccc(NC(=O)O)c4O)C[C@H]3C[C@@H]12. The highest BCUT2D eigenvalue weighted by Gasteiger charge is 2.63. The fourth-order valence-electron chi connectivity index (χ4n) is 5.44. The number of phenolic OH excluding ortho intramolecular Hbond substituents is 1. The van der Waals surface area contributed by atoms with E-state index < -0.39 is 69.9 Å². The number of nitrogens with one attached hydrogen (secondary N) is 1. The maximum atomic E-state index is 13.4. The highest BCUT2D eigenvalue weighted by atomic mass is 16.4. The van der Waals surface area contributed by atoms with E-state index in [1.807, 2.05) is 5.32 Å². The number of carbonyl (C=O) groups excluding carboxylic acids is 3. The number of carbonyl (C=O) groups is 4. The van der Waals surface area contributed by atoms with Crippen LogP contribution in [0.15, 0.2) is 34.8 Å². The number of rotatable bonds is 3. The third-order valence-corrected chi connectivity index (χ3v) is 6.84. The number of hydrogen-bond acceptors (Lipinski definition) is 9. The van der Waals surface area contributed by atoms with Crippen LogP contribution in [-0.2, 0) is 16.0 Å². The molecule has 0 spiro atoms. The molecular weight excluding hydrogens is 450 g/mol. The predicted octanol–water partition coefficient (Wildman–Crippen LogP) is 0.211. The van der Waals surface area contributed by atoms with Gasteiger partial charge in [-0.15, -0.1) is 0 Å². The standard InChI is InChI=1S/C22H23N3O9/c1-25(2)14-9-6-8-5-7-3-4-10(24-21(32)33)15(26)11(7)16(27)12(8)18(29)22(9,34)19(30)13(17(14)28)20(23)31/h3-4,8-9,14,24,26,28-29,34H,5-6H2,1-2H3,(H2,23,31)(H,32,33)/t8-,9-,14-,22-/m0/s1. The second-order valence-corrected chi connectivity index (χ2v) is 8.89. The summed E-state index contributed by atoms with van der Waals surface area (Å²) in [7, 11) is 3.09. The van der Waals surface area contributed by atoms with Gasteiger partial charge in [-0.05, 0) is 44.5 Å². The van der Waals surface area contributed by atoms with Crippen LogP contribution >= 0.6 is 0 Å². The van der Waals surface area contributed by atoms with Crippen molar-refractivity contribution >= 4 is 29.3 Å². The van der Waals surface area contributed by atoms with E-state index in [1.54, 1.807) is 14.1 Å². The molecule has 4 atom stereocenters. The Balaban J connectivity index is 1.93. The minimum atomic E-state index is -2.73. The first-order valence-electron chi connectivity index (χ1n) is 10.3. The quantitative estimate of drug-likeness (QED) is 0.234. The molecule has 8 N–H and O–H groups in total. The molecule has 0 bridgehead atoms. The van der Waals surface area contributed by atoms with E-state index in [4.69, 9.17) is 10.8 Å². The smallest absolute Gasteiger partial charge is 0.409 e. The van der Waals surface area contributed by atoms with Crippen LogP contribution in [0.5, 0.6) is 5.75 Å². The van der Waals surface area contributed by atoms with Crippen LogP contribution in [0.25, 0.3) is 0 Å². The molecular formula is C22H23N3O9. The Morgan fingerprint density at radius 2 is 1.82 bits per heavy atom. The molecule has 180 valence electrons. The van der Waals surface area contributed by atoms with Crippen molar-refractivity contribution in [2.75, 3.05) is 19.4 Å². The summed E-state index contributed by atoms with van der Waals surface area (Å²) < 4.78 is 0. The number of aromatic hydroxyl groups is 1. The summed E-state index contributed by atoms with van der Waals surface area (Å²) in [4.78, 5) is 51.0. The van der Waals surface area contributed by atoms with Gasteiger partial charge < -0.3 is 31.3 Å². The Bertz CT molecular complexity index is 1230. The molecule has 0 aromatic heterocycles. The summed E-state index contributed by atoms with van der Waals surface area (Å²) in [6.07, 6.45) is -1.38. The molecule has 2 amide bonds. The molecule has 4 rings (SSSR count). The first-order chi connectivity index (χ1) is 15.8. The van der Waals surface area contributed by atoms with Crippen molar-refractivity contribution < 1.29 is 44.7 Å². The number of amides is 2.